The summed E-state index contributed by atoms with van der Waals surface area (Å²) in [5.41, 5.74) is 0. The van der Waals surface area contributed by atoms with Gasteiger partial charge in [-0.25, -0.2) is 9.18 Å². The molecule has 1 fully saturated rings. The first kappa shape index (κ1) is 16.6. The zero-order chi connectivity index (χ0) is 15.9. The first-order valence-electron chi connectivity index (χ1n) is 7.18. The van der Waals surface area contributed by atoms with Crippen LogP contribution in [0.3, 0.4) is 0 Å². The Kier molecular flexibility index (Phi) is 6.06. The van der Waals surface area contributed by atoms with Crippen molar-refractivity contribution in [3.8, 4) is 0 Å². The molecule has 22 heavy (non-hydrogen) atoms. The number of carbonyl (C=O) groups is 2. The van der Waals surface area contributed by atoms with Crippen LogP contribution in [-0.4, -0.2) is 60.3 Å². The zero-order valence-electron chi connectivity index (χ0n) is 12.5. The summed E-state index contributed by atoms with van der Waals surface area (Å²) in [7, 11) is 0. The minimum atomic E-state index is -0.324. The molecule has 0 radical (unpaired) electrons. The molecular weight excluding hydrogens is 307 g/mol. The van der Waals surface area contributed by atoms with E-state index in [1.165, 1.54) is 23.9 Å². The van der Waals surface area contributed by atoms with E-state index >= 15 is 0 Å². The molecular formula is C15H19FN2O3S. The number of piperazine rings is 1. The van der Waals surface area contributed by atoms with Gasteiger partial charge in [-0.1, -0.05) is 0 Å². The van der Waals surface area contributed by atoms with Gasteiger partial charge < -0.3 is 14.5 Å². The highest BCUT2D eigenvalue weighted by atomic mass is 32.2. The molecule has 120 valence electrons. The summed E-state index contributed by atoms with van der Waals surface area (Å²) < 4.78 is 17.7. The van der Waals surface area contributed by atoms with E-state index < -0.39 is 0 Å². The van der Waals surface area contributed by atoms with Crippen LogP contribution in [-0.2, 0) is 9.53 Å². The van der Waals surface area contributed by atoms with E-state index in [-0.39, 0.29) is 17.8 Å². The molecule has 0 aromatic heterocycles. The normalized spacial score (nSPS) is 14.8. The van der Waals surface area contributed by atoms with Crippen LogP contribution in [0.4, 0.5) is 9.18 Å². The fourth-order valence-electron chi connectivity index (χ4n) is 2.12. The molecule has 1 aromatic carbocycles. The van der Waals surface area contributed by atoms with Gasteiger partial charge in [0, 0.05) is 31.1 Å². The van der Waals surface area contributed by atoms with Gasteiger partial charge >= 0.3 is 6.09 Å². The number of hydrogen-bond donors (Lipinski definition) is 0. The van der Waals surface area contributed by atoms with Crippen molar-refractivity contribution in [2.75, 3.05) is 38.5 Å². The van der Waals surface area contributed by atoms with E-state index in [2.05, 4.69) is 0 Å². The number of halogens is 1. The van der Waals surface area contributed by atoms with Crippen molar-refractivity contribution in [1.29, 1.82) is 0 Å². The Balaban J connectivity index is 1.75. The van der Waals surface area contributed by atoms with Crippen molar-refractivity contribution in [3.05, 3.63) is 30.1 Å². The topological polar surface area (TPSA) is 49.9 Å². The molecule has 1 heterocycles. The van der Waals surface area contributed by atoms with Crippen LogP contribution >= 0.6 is 11.8 Å². The van der Waals surface area contributed by atoms with Crippen LogP contribution < -0.4 is 0 Å². The predicted molar refractivity (Wildman–Crippen MR) is 82.3 cm³/mol. The summed E-state index contributed by atoms with van der Waals surface area (Å²) in [5.74, 6) is 0.0500. The maximum atomic E-state index is 12.8. The second-order valence-electron chi connectivity index (χ2n) is 4.81. The van der Waals surface area contributed by atoms with Crippen LogP contribution in [0.15, 0.2) is 29.2 Å². The maximum absolute atomic E-state index is 12.8. The van der Waals surface area contributed by atoms with Crippen LogP contribution in [0.5, 0.6) is 0 Å². The van der Waals surface area contributed by atoms with Gasteiger partial charge in [0.1, 0.15) is 5.82 Å². The van der Waals surface area contributed by atoms with Crippen molar-refractivity contribution < 1.29 is 18.7 Å². The molecule has 0 saturated carbocycles. The number of thioether (sulfide) groups is 1. The highest BCUT2D eigenvalue weighted by Crippen LogP contribution is 2.19. The van der Waals surface area contributed by atoms with Crippen LogP contribution in [0.25, 0.3) is 0 Å². The lowest BCUT2D eigenvalue weighted by molar-refractivity contribution is -0.129. The standard InChI is InChI=1S/C15H19FN2O3S/c1-2-21-15(20)18-9-7-17(8-10-18)14(19)11-22-13-5-3-12(16)4-6-13/h3-6H,2,7-11H2,1H3. The number of carbonyl (C=O) groups excluding carboxylic acids is 2. The largest absolute Gasteiger partial charge is 0.450 e. The monoisotopic (exact) mass is 326 g/mol. The van der Waals surface area contributed by atoms with Gasteiger partial charge in [0.05, 0.1) is 12.4 Å². The molecule has 0 N–H and O–H groups in total. The van der Waals surface area contributed by atoms with Gasteiger partial charge in [0.25, 0.3) is 0 Å². The molecule has 0 unspecified atom stereocenters. The Labute approximate surface area is 133 Å². The summed E-state index contributed by atoms with van der Waals surface area (Å²) in [4.78, 5) is 27.9. The molecule has 1 aliphatic rings. The number of nitrogens with zero attached hydrogens (tertiary/aromatic N) is 2. The molecule has 5 nitrogen and oxygen atoms in total. The quantitative estimate of drug-likeness (QED) is 0.796. The van der Waals surface area contributed by atoms with Crippen molar-refractivity contribution >= 4 is 23.8 Å². The van der Waals surface area contributed by atoms with E-state index in [9.17, 15) is 14.0 Å². The van der Waals surface area contributed by atoms with Crippen LogP contribution in [0.1, 0.15) is 6.92 Å². The second-order valence-corrected chi connectivity index (χ2v) is 5.86. The average Bonchev–Trinajstić information content (AvgIpc) is 2.54. The fraction of sp³-hybridized carbons (Fsp3) is 0.467. The van der Waals surface area contributed by atoms with E-state index in [0.29, 0.717) is 38.5 Å². The lowest BCUT2D eigenvalue weighted by Crippen LogP contribution is -2.51. The first-order valence-corrected chi connectivity index (χ1v) is 8.16. The molecule has 1 aliphatic heterocycles. The van der Waals surface area contributed by atoms with E-state index in [1.54, 1.807) is 28.9 Å². The smallest absolute Gasteiger partial charge is 0.409 e. The van der Waals surface area contributed by atoms with E-state index in [4.69, 9.17) is 4.74 Å². The third kappa shape index (κ3) is 4.62. The summed E-state index contributed by atoms with van der Waals surface area (Å²) in [6.07, 6.45) is -0.324. The van der Waals surface area contributed by atoms with Gasteiger partial charge in [-0.15, -0.1) is 11.8 Å². The molecule has 7 heteroatoms. The molecule has 2 amide bonds. The molecule has 0 atom stereocenters. The lowest BCUT2D eigenvalue weighted by Gasteiger charge is -2.34. The average molecular weight is 326 g/mol. The van der Waals surface area contributed by atoms with Crippen molar-refractivity contribution in [1.82, 2.24) is 9.80 Å². The Morgan fingerprint density at radius 1 is 1.14 bits per heavy atom. The molecule has 1 aromatic rings. The fourth-order valence-corrected chi connectivity index (χ4v) is 2.92. The van der Waals surface area contributed by atoms with Gasteiger partial charge in [-0.05, 0) is 31.2 Å². The van der Waals surface area contributed by atoms with Crippen molar-refractivity contribution in [3.63, 3.8) is 0 Å². The minimum Gasteiger partial charge on any atom is -0.450 e. The summed E-state index contributed by atoms with van der Waals surface area (Å²) in [5, 5.41) is 0. The number of rotatable bonds is 4. The Morgan fingerprint density at radius 2 is 1.73 bits per heavy atom. The SMILES string of the molecule is CCOC(=O)N1CCN(C(=O)CSc2ccc(F)cc2)CC1. The molecule has 1 saturated heterocycles. The number of hydrogen-bond acceptors (Lipinski definition) is 4. The zero-order valence-corrected chi connectivity index (χ0v) is 13.3. The lowest BCUT2D eigenvalue weighted by atomic mass is 10.3. The highest BCUT2D eigenvalue weighted by molar-refractivity contribution is 8.00. The first-order chi connectivity index (χ1) is 10.6. The van der Waals surface area contributed by atoms with E-state index in [1.807, 2.05) is 0 Å². The Hall–Kier alpha value is -1.76. The number of benzene rings is 1. The summed E-state index contributed by atoms with van der Waals surface area (Å²) >= 11 is 1.38. The molecule has 0 bridgehead atoms. The predicted octanol–water partition coefficient (Wildman–Crippen LogP) is 2.22. The van der Waals surface area contributed by atoms with Crippen molar-refractivity contribution in [2.24, 2.45) is 0 Å². The second kappa shape index (κ2) is 8.03. The van der Waals surface area contributed by atoms with Gasteiger partial charge in [0.15, 0.2) is 0 Å². The molecule has 0 spiro atoms. The molecule has 0 aliphatic carbocycles. The van der Waals surface area contributed by atoms with Crippen molar-refractivity contribution in [2.45, 2.75) is 11.8 Å². The Bertz CT molecular complexity index is 516. The minimum absolute atomic E-state index is 0.0258. The summed E-state index contributed by atoms with van der Waals surface area (Å²) in [6.45, 7) is 4.14. The van der Waals surface area contributed by atoms with Crippen LogP contribution in [0, 0.1) is 5.82 Å². The van der Waals surface area contributed by atoms with Crippen LogP contribution in [0.2, 0.25) is 0 Å². The third-order valence-electron chi connectivity index (χ3n) is 3.33. The van der Waals surface area contributed by atoms with E-state index in [0.717, 1.165) is 4.90 Å². The van der Waals surface area contributed by atoms with Gasteiger partial charge in [-0.2, -0.15) is 0 Å². The third-order valence-corrected chi connectivity index (χ3v) is 4.33. The number of amides is 2. The summed E-state index contributed by atoms with van der Waals surface area (Å²) in [6, 6.07) is 6.08. The van der Waals surface area contributed by atoms with Gasteiger partial charge in [-0.3, -0.25) is 4.79 Å². The maximum Gasteiger partial charge on any atom is 0.409 e. The number of ether oxygens (including phenoxy) is 1. The molecule has 2 rings (SSSR count). The Morgan fingerprint density at radius 3 is 2.32 bits per heavy atom. The van der Waals surface area contributed by atoms with Gasteiger partial charge in [0.2, 0.25) is 5.91 Å². The highest BCUT2D eigenvalue weighted by Gasteiger charge is 2.24.